The molecule has 2 heteroatoms. The molecular weight excluding hydrogens is 1030 g/mol. The van der Waals surface area contributed by atoms with Gasteiger partial charge >= 0.3 is 26.2 Å². The Morgan fingerprint density at radius 1 is 0.256 bits per heavy atom. The summed E-state index contributed by atoms with van der Waals surface area (Å²) in [7, 11) is 1.08. The van der Waals surface area contributed by atoms with E-state index in [1.807, 2.05) is 0 Å². The van der Waals surface area contributed by atoms with Crippen molar-refractivity contribution >= 4 is 74.2 Å². The molecule has 0 aromatic heterocycles. The van der Waals surface area contributed by atoms with Crippen molar-refractivity contribution in [2.75, 3.05) is 0 Å². The Morgan fingerprint density at radius 3 is 0.846 bits per heavy atom. The van der Waals surface area contributed by atoms with Crippen molar-refractivity contribution < 1.29 is 26.2 Å². The van der Waals surface area contributed by atoms with E-state index in [-0.39, 0.29) is 26.2 Å². The van der Waals surface area contributed by atoms with Crippen LogP contribution in [0, 0.1) is 0 Å². The van der Waals surface area contributed by atoms with E-state index < -0.39 is 0 Å². The van der Waals surface area contributed by atoms with Gasteiger partial charge in [-0.3, -0.25) is 0 Å². The Morgan fingerprint density at radius 2 is 0.513 bits per heavy atom. The summed E-state index contributed by atoms with van der Waals surface area (Å²) in [6.45, 7) is 4.31. The first-order chi connectivity index (χ1) is 38.1. The predicted octanol–water partition coefficient (Wildman–Crippen LogP) is 20.8. The molecule has 0 aliphatic heterocycles. The van der Waals surface area contributed by atoms with Crippen molar-refractivity contribution in [1.82, 2.24) is 0 Å². The van der Waals surface area contributed by atoms with Crippen molar-refractivity contribution in [2.45, 2.75) is 38.8 Å². The number of hydrogen-bond donors (Lipinski definition) is 0. The molecule has 0 amide bonds. The third-order valence-corrected chi connectivity index (χ3v) is 15.3. The van der Waals surface area contributed by atoms with Gasteiger partial charge in [0.05, 0.1) is 0 Å². The van der Waals surface area contributed by atoms with E-state index in [0.717, 1.165) is 35.2 Å². The molecule has 0 atom stereocenters. The quantitative estimate of drug-likeness (QED) is 0.0946. The van der Waals surface area contributed by atoms with Crippen LogP contribution in [0.15, 0.2) is 279 Å². The number of fused-ring (bicyclic) bond motifs is 6. The summed E-state index contributed by atoms with van der Waals surface area (Å²) in [5, 5.41) is 15.7. The molecular formula is C76H60SiZr. The summed E-state index contributed by atoms with van der Waals surface area (Å²) >= 11 is 0. The Kier molecular flexibility index (Phi) is 16.1. The molecule has 0 aliphatic carbocycles. The molecule has 0 saturated heterocycles. The molecule has 372 valence electrons. The standard InChI is InChI=1S/2C37H27.C2H6Si.Zr/c2*1-2-10-26(11-3-1)20-21-27-24-36-34(32-18-8-14-28-12-4-6-16-30(28)32)22-23-35(37(36)25-27)33-19-9-15-29-13-5-7-17-31(29)33;1-3-2;/h2*1-19,22-25H,20-21H2;1-2H3;/q2*-1;;+2. The van der Waals surface area contributed by atoms with Crippen molar-refractivity contribution in [2.24, 2.45) is 0 Å². The van der Waals surface area contributed by atoms with E-state index in [1.54, 1.807) is 0 Å². The zero-order valence-electron chi connectivity index (χ0n) is 44.4. The number of hydrogen-bond acceptors (Lipinski definition) is 0. The molecule has 0 unspecified atom stereocenters. The van der Waals surface area contributed by atoms with Gasteiger partial charge in [-0.1, -0.05) is 301 Å². The first kappa shape index (κ1) is 52.1. The topological polar surface area (TPSA) is 0 Å². The maximum Gasteiger partial charge on any atom is 2.00 e. The SMILES string of the molecule is C[Si]C.[Zr+2].c1ccc(CCc2cc3c(-c4cccc5ccccc45)ccc(-c4cccc5ccccc45)c3[cH-]2)cc1.c1ccc(CCc2cc3c(-c4cccc5ccccc45)ccc(-c4cccc5ccccc45)c3[cH-]2)cc1. The Bertz CT molecular complexity index is 3800. The van der Waals surface area contributed by atoms with Crippen molar-refractivity contribution in [3.63, 3.8) is 0 Å². The van der Waals surface area contributed by atoms with Crippen LogP contribution in [-0.2, 0) is 51.9 Å². The number of aryl methyl sites for hydroxylation is 4. The third-order valence-electron chi connectivity index (χ3n) is 15.3. The van der Waals surface area contributed by atoms with Crippen LogP contribution in [0.4, 0.5) is 0 Å². The van der Waals surface area contributed by atoms with Gasteiger partial charge in [-0.15, -0.1) is 44.8 Å². The van der Waals surface area contributed by atoms with Crippen LogP contribution in [0.2, 0.25) is 13.1 Å². The first-order valence-electron chi connectivity index (χ1n) is 27.2. The number of rotatable bonds is 10. The van der Waals surface area contributed by atoms with Crippen LogP contribution in [0.1, 0.15) is 22.3 Å². The minimum absolute atomic E-state index is 0. The van der Waals surface area contributed by atoms with E-state index in [1.165, 1.54) is 131 Å². The van der Waals surface area contributed by atoms with Crippen LogP contribution < -0.4 is 0 Å². The molecule has 0 bridgehead atoms. The van der Waals surface area contributed by atoms with Crippen LogP contribution in [0.5, 0.6) is 0 Å². The van der Waals surface area contributed by atoms with Crippen molar-refractivity contribution in [1.29, 1.82) is 0 Å². The van der Waals surface area contributed by atoms with Crippen LogP contribution in [0.25, 0.3) is 109 Å². The summed E-state index contributed by atoms with van der Waals surface area (Å²) in [6, 6.07) is 102. The van der Waals surface area contributed by atoms with Gasteiger partial charge < -0.3 is 0 Å². The fraction of sp³-hybridized carbons (Fsp3) is 0.0789. The molecule has 14 aromatic carbocycles. The summed E-state index contributed by atoms with van der Waals surface area (Å²) in [6.07, 6.45) is 4.15. The smallest absolute Gasteiger partial charge is 0.164 e. The molecule has 0 saturated carbocycles. The molecule has 14 rings (SSSR count). The second-order valence-electron chi connectivity index (χ2n) is 20.3. The van der Waals surface area contributed by atoms with Crippen LogP contribution in [-0.4, -0.2) is 9.52 Å². The third kappa shape index (κ3) is 10.8. The molecule has 0 N–H and O–H groups in total. The first-order valence-corrected chi connectivity index (χ1v) is 29.2. The van der Waals surface area contributed by atoms with E-state index in [0.29, 0.717) is 0 Å². The average molecular weight is 1090 g/mol. The Hall–Kier alpha value is -8.00. The van der Waals surface area contributed by atoms with E-state index in [2.05, 4.69) is 292 Å². The average Bonchev–Trinajstić information content (AvgIpc) is 4.29. The van der Waals surface area contributed by atoms with Gasteiger partial charge in [0.1, 0.15) is 0 Å². The Labute approximate surface area is 481 Å². The van der Waals surface area contributed by atoms with Gasteiger partial charge in [0.2, 0.25) is 0 Å². The molecule has 14 aromatic rings. The fourth-order valence-corrected chi connectivity index (χ4v) is 11.7. The molecule has 0 aliphatic rings. The molecule has 2 radical (unpaired) electrons. The van der Waals surface area contributed by atoms with Crippen molar-refractivity contribution in [3.05, 3.63) is 301 Å². The zero-order chi connectivity index (χ0) is 51.9. The van der Waals surface area contributed by atoms with Gasteiger partial charge in [-0.25, -0.2) is 0 Å². The second-order valence-corrected chi connectivity index (χ2v) is 21.3. The largest absolute Gasteiger partial charge is 2.00 e. The van der Waals surface area contributed by atoms with Crippen molar-refractivity contribution in [3.8, 4) is 44.5 Å². The van der Waals surface area contributed by atoms with Crippen LogP contribution in [0.3, 0.4) is 0 Å². The summed E-state index contributed by atoms with van der Waals surface area (Å²) < 4.78 is 0. The maximum atomic E-state index is 2.43. The fourth-order valence-electron chi connectivity index (χ4n) is 11.7. The number of benzene rings is 12. The zero-order valence-corrected chi connectivity index (χ0v) is 47.8. The van der Waals surface area contributed by atoms with Gasteiger partial charge in [-0.2, -0.15) is 12.1 Å². The minimum atomic E-state index is 0. The minimum Gasteiger partial charge on any atom is -0.164 e. The van der Waals surface area contributed by atoms with E-state index >= 15 is 0 Å². The molecule has 0 fully saturated rings. The summed E-state index contributed by atoms with van der Waals surface area (Å²) in [4.78, 5) is 0. The van der Waals surface area contributed by atoms with E-state index in [9.17, 15) is 0 Å². The summed E-state index contributed by atoms with van der Waals surface area (Å²) in [5.41, 5.74) is 16.0. The molecule has 0 heterocycles. The summed E-state index contributed by atoms with van der Waals surface area (Å²) in [5.74, 6) is 0. The monoisotopic (exact) mass is 1090 g/mol. The van der Waals surface area contributed by atoms with Gasteiger partial charge in [0, 0.05) is 9.52 Å². The maximum absolute atomic E-state index is 2.43. The van der Waals surface area contributed by atoms with E-state index in [4.69, 9.17) is 0 Å². The molecule has 78 heavy (non-hydrogen) atoms. The predicted molar refractivity (Wildman–Crippen MR) is 336 cm³/mol. The van der Waals surface area contributed by atoms with Crippen LogP contribution >= 0.6 is 0 Å². The van der Waals surface area contributed by atoms with Gasteiger partial charge in [0.25, 0.3) is 0 Å². The normalized spacial score (nSPS) is 11.1. The molecule has 0 nitrogen and oxygen atoms in total. The Balaban J connectivity index is 0.000000156. The van der Waals surface area contributed by atoms with Gasteiger partial charge in [-0.05, 0) is 91.0 Å². The second kappa shape index (κ2) is 24.1. The molecule has 0 spiro atoms. The van der Waals surface area contributed by atoms with Gasteiger partial charge in [0.15, 0.2) is 0 Å².